The number of rotatable bonds is 3. The molecule has 0 aromatic heterocycles. The fourth-order valence-corrected chi connectivity index (χ4v) is 3.58. The van der Waals surface area contributed by atoms with E-state index in [2.05, 4.69) is 31.0 Å². The lowest BCUT2D eigenvalue weighted by molar-refractivity contribution is 0.0522. The first-order valence-corrected chi connectivity index (χ1v) is 8.21. The van der Waals surface area contributed by atoms with Crippen molar-refractivity contribution in [1.82, 2.24) is 10.2 Å². The van der Waals surface area contributed by atoms with Gasteiger partial charge in [0.15, 0.2) is 0 Å². The Labute approximate surface area is 123 Å². The zero-order chi connectivity index (χ0) is 13.9. The van der Waals surface area contributed by atoms with Crippen molar-refractivity contribution in [2.45, 2.75) is 64.5 Å². The summed E-state index contributed by atoms with van der Waals surface area (Å²) < 4.78 is 0. The van der Waals surface area contributed by atoms with E-state index < -0.39 is 0 Å². The van der Waals surface area contributed by atoms with E-state index in [1.807, 2.05) is 0 Å². The second kappa shape index (κ2) is 6.60. The van der Waals surface area contributed by atoms with E-state index >= 15 is 0 Å². The molecule has 19 heavy (non-hydrogen) atoms. The molecular formula is C16H29ClN2. The predicted octanol–water partition coefficient (Wildman–Crippen LogP) is 3.76. The summed E-state index contributed by atoms with van der Waals surface area (Å²) in [5.41, 5.74) is 3.22. The number of nitrogens with zero attached hydrogens (tertiary/aromatic N) is 1. The summed E-state index contributed by atoms with van der Waals surface area (Å²) in [6.07, 6.45) is 7.11. The third-order valence-corrected chi connectivity index (χ3v) is 5.29. The van der Waals surface area contributed by atoms with Crippen molar-refractivity contribution in [3.8, 4) is 0 Å². The molecular weight excluding hydrogens is 256 g/mol. The summed E-state index contributed by atoms with van der Waals surface area (Å²) in [4.78, 5) is 2.61. The van der Waals surface area contributed by atoms with Crippen molar-refractivity contribution < 1.29 is 0 Å². The van der Waals surface area contributed by atoms with Crippen molar-refractivity contribution in [2.24, 2.45) is 5.92 Å². The number of hydrogen-bond donors (Lipinski definition) is 1. The normalized spacial score (nSPS) is 30.5. The molecule has 3 heteroatoms. The summed E-state index contributed by atoms with van der Waals surface area (Å²) in [6.45, 7) is 10.0. The van der Waals surface area contributed by atoms with Gasteiger partial charge >= 0.3 is 0 Å². The van der Waals surface area contributed by atoms with Gasteiger partial charge in [0.1, 0.15) is 0 Å². The zero-order valence-electron chi connectivity index (χ0n) is 12.7. The molecule has 0 radical (unpaired) electrons. The lowest BCUT2D eigenvalue weighted by Crippen LogP contribution is -2.63. The molecule has 1 heterocycles. The van der Waals surface area contributed by atoms with E-state index in [1.165, 1.54) is 44.2 Å². The van der Waals surface area contributed by atoms with Crippen LogP contribution in [-0.2, 0) is 0 Å². The van der Waals surface area contributed by atoms with Gasteiger partial charge < -0.3 is 5.32 Å². The van der Waals surface area contributed by atoms with Crippen molar-refractivity contribution in [2.75, 3.05) is 19.6 Å². The van der Waals surface area contributed by atoms with Gasteiger partial charge in [-0.3, -0.25) is 4.90 Å². The van der Waals surface area contributed by atoms with E-state index in [4.69, 9.17) is 11.6 Å². The molecule has 2 fully saturated rings. The van der Waals surface area contributed by atoms with Crippen molar-refractivity contribution in [1.29, 1.82) is 0 Å². The quantitative estimate of drug-likeness (QED) is 0.849. The van der Waals surface area contributed by atoms with Crippen molar-refractivity contribution >= 4 is 11.6 Å². The minimum atomic E-state index is 0.228. The van der Waals surface area contributed by atoms with E-state index in [0.29, 0.717) is 6.04 Å². The van der Waals surface area contributed by atoms with Gasteiger partial charge in [0.2, 0.25) is 0 Å². The minimum absolute atomic E-state index is 0.228. The monoisotopic (exact) mass is 284 g/mol. The molecule has 0 aromatic carbocycles. The maximum absolute atomic E-state index is 5.85. The smallest absolute Gasteiger partial charge is 0.0281 e. The summed E-state index contributed by atoms with van der Waals surface area (Å²) in [7, 11) is 0. The first kappa shape index (κ1) is 15.3. The third kappa shape index (κ3) is 3.96. The lowest BCUT2D eigenvalue weighted by Gasteiger charge is -2.48. The largest absolute Gasteiger partial charge is 0.311 e. The average Bonchev–Trinajstić information content (AvgIpc) is 2.42. The number of halogens is 1. The molecule has 0 aromatic rings. The Balaban J connectivity index is 1.98. The molecule has 1 unspecified atom stereocenters. The Morgan fingerprint density at radius 1 is 1.32 bits per heavy atom. The van der Waals surface area contributed by atoms with Crippen LogP contribution in [0.15, 0.2) is 11.1 Å². The SMILES string of the molecule is CC(=CCl)CN1CC(C2CCCCC2)NCC1(C)C. The number of piperazine rings is 1. The van der Waals surface area contributed by atoms with Crippen LogP contribution in [0.1, 0.15) is 52.9 Å². The van der Waals surface area contributed by atoms with Gasteiger partial charge in [-0.2, -0.15) is 0 Å². The summed E-state index contributed by atoms with van der Waals surface area (Å²) in [6, 6.07) is 0.677. The standard InChI is InChI=1S/C16H29ClN2/c1-13(9-17)10-19-11-15(18-12-16(19,2)3)14-7-5-4-6-8-14/h9,14-15,18H,4-8,10-12H2,1-3H3. The fourth-order valence-electron chi connectivity index (χ4n) is 3.51. The minimum Gasteiger partial charge on any atom is -0.311 e. The predicted molar refractivity (Wildman–Crippen MR) is 83.6 cm³/mol. The van der Waals surface area contributed by atoms with Crippen LogP contribution in [0.4, 0.5) is 0 Å². The highest BCUT2D eigenvalue weighted by Crippen LogP contribution is 2.30. The molecule has 2 aliphatic rings. The van der Waals surface area contributed by atoms with Crippen LogP contribution >= 0.6 is 11.6 Å². The molecule has 1 saturated heterocycles. The van der Waals surface area contributed by atoms with Crippen LogP contribution in [0.3, 0.4) is 0 Å². The average molecular weight is 285 g/mol. The first-order valence-electron chi connectivity index (χ1n) is 7.77. The van der Waals surface area contributed by atoms with Gasteiger partial charge in [-0.1, -0.05) is 30.9 Å². The molecule has 1 aliphatic heterocycles. The van der Waals surface area contributed by atoms with E-state index in [0.717, 1.165) is 19.0 Å². The van der Waals surface area contributed by atoms with Crippen LogP contribution in [0.25, 0.3) is 0 Å². The van der Waals surface area contributed by atoms with Gasteiger partial charge in [0.05, 0.1) is 0 Å². The molecule has 0 bridgehead atoms. The maximum atomic E-state index is 5.85. The van der Waals surface area contributed by atoms with Crippen LogP contribution in [0.2, 0.25) is 0 Å². The Kier molecular flexibility index (Phi) is 5.33. The number of nitrogens with one attached hydrogen (secondary N) is 1. The molecule has 1 saturated carbocycles. The number of hydrogen-bond acceptors (Lipinski definition) is 2. The second-order valence-corrected chi connectivity index (χ2v) is 7.25. The van der Waals surface area contributed by atoms with E-state index in [9.17, 15) is 0 Å². The van der Waals surface area contributed by atoms with Gasteiger partial charge in [0, 0.05) is 36.8 Å². The Hall–Kier alpha value is -0.0500. The molecule has 0 spiro atoms. The Morgan fingerprint density at radius 3 is 2.63 bits per heavy atom. The van der Waals surface area contributed by atoms with Crippen molar-refractivity contribution in [3.05, 3.63) is 11.1 Å². The highest BCUT2D eigenvalue weighted by atomic mass is 35.5. The van der Waals surface area contributed by atoms with Gasteiger partial charge in [-0.25, -0.2) is 0 Å². The Bertz CT molecular complexity index is 319. The third-order valence-electron chi connectivity index (χ3n) is 4.92. The zero-order valence-corrected chi connectivity index (χ0v) is 13.5. The van der Waals surface area contributed by atoms with Crippen molar-refractivity contribution in [3.63, 3.8) is 0 Å². The highest BCUT2D eigenvalue weighted by molar-refractivity contribution is 6.25. The van der Waals surface area contributed by atoms with Crippen LogP contribution in [0.5, 0.6) is 0 Å². The molecule has 1 aliphatic carbocycles. The highest BCUT2D eigenvalue weighted by Gasteiger charge is 2.36. The van der Waals surface area contributed by atoms with E-state index in [1.54, 1.807) is 5.54 Å². The second-order valence-electron chi connectivity index (χ2n) is 7.03. The first-order chi connectivity index (χ1) is 9.03. The molecule has 2 nitrogen and oxygen atoms in total. The molecule has 110 valence electrons. The van der Waals surface area contributed by atoms with Crippen LogP contribution in [-0.4, -0.2) is 36.1 Å². The molecule has 1 N–H and O–H groups in total. The van der Waals surface area contributed by atoms with E-state index in [-0.39, 0.29) is 5.54 Å². The van der Waals surface area contributed by atoms with Gasteiger partial charge in [-0.05, 0) is 45.1 Å². The topological polar surface area (TPSA) is 15.3 Å². The van der Waals surface area contributed by atoms with Crippen LogP contribution in [0, 0.1) is 5.92 Å². The molecule has 0 amide bonds. The van der Waals surface area contributed by atoms with Gasteiger partial charge in [-0.15, -0.1) is 0 Å². The fraction of sp³-hybridized carbons (Fsp3) is 0.875. The lowest BCUT2D eigenvalue weighted by atomic mass is 9.81. The van der Waals surface area contributed by atoms with Crippen LogP contribution < -0.4 is 5.32 Å². The molecule has 1 atom stereocenters. The molecule has 2 rings (SSSR count). The summed E-state index contributed by atoms with van der Waals surface area (Å²) >= 11 is 5.85. The maximum Gasteiger partial charge on any atom is 0.0281 e. The summed E-state index contributed by atoms with van der Waals surface area (Å²) in [5, 5.41) is 3.81. The Morgan fingerprint density at radius 2 is 2.00 bits per heavy atom. The van der Waals surface area contributed by atoms with Gasteiger partial charge in [0.25, 0.3) is 0 Å². The summed E-state index contributed by atoms with van der Waals surface area (Å²) in [5.74, 6) is 0.882.